The van der Waals surface area contributed by atoms with E-state index < -0.39 is 52.6 Å². The number of halogens is 3. The normalized spacial score (nSPS) is 15.1. The quantitative estimate of drug-likeness (QED) is 0.0924. The molecule has 7 aromatic rings. The highest BCUT2D eigenvalue weighted by Crippen LogP contribution is 2.40. The van der Waals surface area contributed by atoms with Crippen molar-refractivity contribution in [2.24, 2.45) is 5.14 Å². The number of benzene rings is 5. The number of alkyl halides is 2. The number of ketones is 1. The van der Waals surface area contributed by atoms with Crippen LogP contribution < -0.4 is 25.2 Å². The predicted molar refractivity (Wildman–Crippen MR) is 220 cm³/mol. The Morgan fingerprint density at radius 1 is 0.918 bits per heavy atom. The zero-order chi connectivity index (χ0) is 43.2. The molecule has 9 rings (SSSR count). The third-order valence-electron chi connectivity index (χ3n) is 10.3. The number of nitrogen functional groups attached to an aromatic ring is 1. The van der Waals surface area contributed by atoms with Crippen LogP contribution >= 0.6 is 0 Å². The number of rotatable bonds is 10. The fraction of sp³-hybridized carbons (Fsp3) is 0.163. The number of aryl methyl sites for hydroxylation is 1. The number of carbonyl (C=O) groups is 3. The molecule has 3 amide bonds. The van der Waals surface area contributed by atoms with Gasteiger partial charge >= 0.3 is 6.03 Å². The molecular formula is C43H36F3N7O7S. The first kappa shape index (κ1) is 40.6. The summed E-state index contributed by atoms with van der Waals surface area (Å²) >= 11 is 0. The summed E-state index contributed by atoms with van der Waals surface area (Å²) in [6.07, 6.45) is -0.268. The first-order valence-electron chi connectivity index (χ1n) is 18.8. The van der Waals surface area contributed by atoms with Gasteiger partial charge in [0.1, 0.15) is 30.0 Å². The number of H-pyrrole nitrogens is 1. The third-order valence-corrected chi connectivity index (χ3v) is 11.2. The number of hydrogen-bond acceptors (Lipinski definition) is 9. The van der Waals surface area contributed by atoms with Crippen molar-refractivity contribution in [2.45, 2.75) is 37.1 Å². The van der Waals surface area contributed by atoms with Crippen LogP contribution in [0.2, 0.25) is 0 Å². The van der Waals surface area contributed by atoms with Crippen molar-refractivity contribution >= 4 is 60.9 Å². The van der Waals surface area contributed by atoms with Gasteiger partial charge in [-0.15, -0.1) is 0 Å². The second kappa shape index (κ2) is 16.1. The molecule has 0 saturated carbocycles. The van der Waals surface area contributed by atoms with Gasteiger partial charge in [-0.25, -0.2) is 41.1 Å². The molecular weight excluding hydrogens is 816 g/mol. The van der Waals surface area contributed by atoms with E-state index in [2.05, 4.69) is 10.1 Å². The molecule has 0 spiro atoms. The summed E-state index contributed by atoms with van der Waals surface area (Å²) in [5.74, 6) is -1.05. The summed E-state index contributed by atoms with van der Waals surface area (Å²) in [5.41, 5.74) is 8.22. The number of anilines is 2. The number of nitrogens with zero attached hydrogens (tertiary/aromatic N) is 4. The molecule has 14 nitrogen and oxygen atoms in total. The van der Waals surface area contributed by atoms with E-state index in [0.717, 1.165) is 15.7 Å². The van der Waals surface area contributed by atoms with Gasteiger partial charge in [0, 0.05) is 17.4 Å². The number of nitrogens with two attached hydrogens (primary N) is 2. The molecule has 2 aliphatic rings. The van der Waals surface area contributed by atoms with E-state index in [9.17, 15) is 36.0 Å². The Morgan fingerprint density at radius 3 is 2.39 bits per heavy atom. The number of carbonyl (C=O) groups excluding carboxylic acids is 3. The van der Waals surface area contributed by atoms with Crippen molar-refractivity contribution in [1.82, 2.24) is 19.7 Å². The van der Waals surface area contributed by atoms with Crippen LogP contribution in [0, 0.1) is 12.7 Å². The molecule has 2 fully saturated rings. The summed E-state index contributed by atoms with van der Waals surface area (Å²) in [6, 6.07) is 26.6. The first-order valence-corrected chi connectivity index (χ1v) is 20.4. The lowest BCUT2D eigenvalue weighted by molar-refractivity contribution is -0.119. The Balaban J connectivity index is 0.000000310. The van der Waals surface area contributed by atoms with Crippen LogP contribution in [0.25, 0.3) is 27.4 Å². The predicted octanol–water partition coefficient (Wildman–Crippen LogP) is 7.47. The molecule has 5 aromatic carbocycles. The van der Waals surface area contributed by atoms with Gasteiger partial charge in [-0.2, -0.15) is 5.10 Å². The number of primary sulfonamides is 1. The summed E-state index contributed by atoms with van der Waals surface area (Å²) in [4.78, 5) is 45.5. The van der Waals surface area contributed by atoms with Gasteiger partial charge < -0.3 is 25.1 Å². The van der Waals surface area contributed by atoms with Crippen LogP contribution in [0.1, 0.15) is 34.5 Å². The van der Waals surface area contributed by atoms with E-state index in [1.807, 2.05) is 24.3 Å². The summed E-state index contributed by atoms with van der Waals surface area (Å²) < 4.78 is 74.8. The molecule has 61 heavy (non-hydrogen) atoms. The average Bonchev–Trinajstić information content (AvgIpc) is 4.02. The minimum Gasteiger partial charge on any atom is -0.485 e. The fourth-order valence-corrected chi connectivity index (χ4v) is 7.91. The Labute approximate surface area is 346 Å². The van der Waals surface area contributed by atoms with Gasteiger partial charge in [0.2, 0.25) is 15.8 Å². The van der Waals surface area contributed by atoms with Crippen LogP contribution in [0.3, 0.4) is 0 Å². The van der Waals surface area contributed by atoms with E-state index >= 15 is 0 Å². The second-order valence-corrected chi connectivity index (χ2v) is 15.9. The van der Waals surface area contributed by atoms with Crippen molar-refractivity contribution in [3.63, 3.8) is 0 Å². The van der Waals surface area contributed by atoms with Gasteiger partial charge in [-0.3, -0.25) is 9.59 Å². The summed E-state index contributed by atoms with van der Waals surface area (Å²) in [6.45, 7) is 1.25. The maximum absolute atomic E-state index is 14.1. The molecule has 2 aliphatic heterocycles. The van der Waals surface area contributed by atoms with E-state index in [1.54, 1.807) is 49.4 Å². The van der Waals surface area contributed by atoms with E-state index in [0.29, 0.717) is 47.3 Å². The molecule has 2 aromatic heterocycles. The van der Waals surface area contributed by atoms with Gasteiger partial charge in [0.05, 0.1) is 33.7 Å². The van der Waals surface area contributed by atoms with Crippen molar-refractivity contribution < 1.29 is 45.4 Å². The number of aromatic nitrogens is 3. The van der Waals surface area contributed by atoms with Crippen molar-refractivity contribution in [1.29, 1.82) is 0 Å². The minimum absolute atomic E-state index is 0.00800. The van der Waals surface area contributed by atoms with Crippen LogP contribution in [0.15, 0.2) is 114 Å². The maximum atomic E-state index is 14.1. The maximum Gasteiger partial charge on any atom is 0.332 e. The summed E-state index contributed by atoms with van der Waals surface area (Å²) in [5, 5.41) is 11.6. The van der Waals surface area contributed by atoms with Gasteiger partial charge in [0.25, 0.3) is 12.3 Å². The standard InChI is InChI=1S/C33H27F3N6O5.C10H9NO2S/c1-17-11-19(47-27-7-3-2-5-21(27)34)8-9-24(17)42-31(37)20(15-38-42)30(43)23-12-18-13-28(46-16-29(35)36)26(14-22(18)39-23)41-32(44)25-6-4-10-40(25)33(41)45;11-14(12,13)10-6-5-8-3-1-2-4-9(8)7-10/h2-3,5,7-9,11-15,25,29,39H,4,6,10,16,37H2,1H3;1-7H,(H2,11,12,13)/t25-;/m0./s1. The SMILES string of the molecule is Cc1cc(Oc2ccccc2F)ccc1-n1ncc(C(=O)c2cc3cc(OCC(F)F)c(N4C(=O)[C@@H]5CCCN5C4=O)cc3[nH]2)c1N.NS(=O)(=O)c1ccc2ccccc2c1. The van der Waals surface area contributed by atoms with E-state index in [1.165, 1.54) is 52.2 Å². The Bertz CT molecular complexity index is 2970. The number of urea groups is 1. The largest absolute Gasteiger partial charge is 0.485 e. The topological polar surface area (TPSA) is 196 Å². The molecule has 18 heteroatoms. The highest BCUT2D eigenvalue weighted by molar-refractivity contribution is 7.89. The Hall–Kier alpha value is -7.18. The smallest absolute Gasteiger partial charge is 0.332 e. The number of amides is 3. The molecule has 0 bridgehead atoms. The van der Waals surface area contributed by atoms with Gasteiger partial charge in [0.15, 0.2) is 11.6 Å². The minimum atomic E-state index is -3.59. The number of nitrogens with one attached hydrogen (secondary N) is 1. The number of sulfonamides is 1. The number of hydrogen-bond donors (Lipinski definition) is 3. The van der Waals surface area contributed by atoms with E-state index in [4.69, 9.17) is 20.3 Å². The number of aromatic amines is 1. The molecule has 0 aliphatic carbocycles. The zero-order valence-electron chi connectivity index (χ0n) is 32.2. The zero-order valence-corrected chi connectivity index (χ0v) is 33.0. The fourth-order valence-electron chi connectivity index (χ4n) is 7.36. The van der Waals surface area contributed by atoms with Crippen LogP contribution in [-0.4, -0.2) is 71.4 Å². The average molecular weight is 852 g/mol. The highest BCUT2D eigenvalue weighted by Gasteiger charge is 2.49. The van der Waals surface area contributed by atoms with Crippen LogP contribution in [-0.2, 0) is 14.8 Å². The second-order valence-electron chi connectivity index (χ2n) is 14.3. The molecule has 4 heterocycles. The Morgan fingerprint density at radius 2 is 1.67 bits per heavy atom. The number of para-hydroxylation sites is 1. The first-order chi connectivity index (χ1) is 29.2. The third kappa shape index (κ3) is 7.97. The summed E-state index contributed by atoms with van der Waals surface area (Å²) in [7, 11) is -3.59. The number of fused-ring (bicyclic) bond motifs is 3. The highest BCUT2D eigenvalue weighted by atomic mass is 32.2. The molecule has 0 unspecified atom stereocenters. The lowest BCUT2D eigenvalue weighted by Gasteiger charge is -2.19. The lowest BCUT2D eigenvalue weighted by Crippen LogP contribution is -2.33. The van der Waals surface area contributed by atoms with Crippen molar-refractivity contribution in [3.05, 3.63) is 132 Å². The van der Waals surface area contributed by atoms with Gasteiger partial charge in [-0.05, 0) is 96.8 Å². The van der Waals surface area contributed by atoms with E-state index in [-0.39, 0.29) is 39.2 Å². The van der Waals surface area contributed by atoms with Crippen LogP contribution in [0.4, 0.5) is 29.5 Å². The molecule has 5 N–H and O–H groups in total. The Kier molecular flexibility index (Phi) is 10.7. The van der Waals surface area contributed by atoms with Gasteiger partial charge in [-0.1, -0.05) is 42.5 Å². The van der Waals surface area contributed by atoms with Crippen molar-refractivity contribution in [3.8, 4) is 22.9 Å². The molecule has 1 atom stereocenters. The van der Waals surface area contributed by atoms with Crippen molar-refractivity contribution in [2.75, 3.05) is 23.8 Å². The molecule has 312 valence electrons. The number of ether oxygens (including phenoxy) is 2. The lowest BCUT2D eigenvalue weighted by atomic mass is 10.1. The van der Waals surface area contributed by atoms with Crippen LogP contribution in [0.5, 0.6) is 17.2 Å². The number of imide groups is 1. The molecule has 2 saturated heterocycles. The monoisotopic (exact) mass is 851 g/mol. The molecule has 0 radical (unpaired) electrons.